The fraction of sp³-hybridized carbons (Fsp3) is 0.304. The molecule has 31 heavy (non-hydrogen) atoms. The minimum Gasteiger partial charge on any atom is -0.354 e. The van der Waals surface area contributed by atoms with Crippen molar-refractivity contribution in [3.8, 4) is 11.3 Å². The molecular weight excluding hydrogens is 407 g/mol. The summed E-state index contributed by atoms with van der Waals surface area (Å²) in [6.07, 6.45) is 4.41. The number of benzene rings is 2. The minimum atomic E-state index is -0.594. The van der Waals surface area contributed by atoms with Crippen LogP contribution in [0.2, 0.25) is 0 Å². The number of H-pyrrole nitrogens is 1. The lowest BCUT2D eigenvalue weighted by Gasteiger charge is -2.26. The highest BCUT2D eigenvalue weighted by Crippen LogP contribution is 2.45. The summed E-state index contributed by atoms with van der Waals surface area (Å²) < 4.78 is 40.8. The Bertz CT molecular complexity index is 1110. The van der Waals surface area contributed by atoms with E-state index in [0.717, 1.165) is 42.1 Å². The standard InChI is InChI=1S/C18H14F3N.C5H8N2O2/c19-12-6-4-11(5-7-12)17-16(10-2-1-3-10)14-8-13(20)9-15(21)18(14)22-17;8-3-7-4-1-2-6-5(4)9/h4-10,22H,1-3H2;3-4H,1-2H2,(H,6,9)(H,7,8). The van der Waals surface area contributed by atoms with Crippen LogP contribution in [0.15, 0.2) is 36.4 Å². The molecule has 162 valence electrons. The van der Waals surface area contributed by atoms with Crippen LogP contribution < -0.4 is 10.6 Å². The quantitative estimate of drug-likeness (QED) is 0.546. The Morgan fingerprint density at radius 1 is 1.00 bits per heavy atom. The topological polar surface area (TPSA) is 74.0 Å². The Kier molecular flexibility index (Phi) is 5.97. The summed E-state index contributed by atoms with van der Waals surface area (Å²) in [5, 5.41) is 5.59. The van der Waals surface area contributed by atoms with Gasteiger partial charge in [0.15, 0.2) is 0 Å². The maximum Gasteiger partial charge on any atom is 0.242 e. The third-order valence-electron chi connectivity index (χ3n) is 5.83. The van der Waals surface area contributed by atoms with E-state index in [-0.39, 0.29) is 17.8 Å². The number of amides is 2. The molecule has 8 heteroatoms. The molecule has 1 aliphatic heterocycles. The molecule has 5 rings (SSSR count). The molecule has 1 saturated carbocycles. The van der Waals surface area contributed by atoms with Gasteiger partial charge in [-0.2, -0.15) is 0 Å². The van der Waals surface area contributed by atoms with Crippen molar-refractivity contribution in [3.05, 3.63) is 59.4 Å². The number of nitrogens with one attached hydrogen (secondary N) is 3. The molecule has 2 fully saturated rings. The van der Waals surface area contributed by atoms with E-state index in [1.165, 1.54) is 18.2 Å². The molecule has 1 atom stereocenters. The number of hydrogen-bond acceptors (Lipinski definition) is 2. The Morgan fingerprint density at radius 2 is 1.74 bits per heavy atom. The SMILES string of the molecule is Fc1ccc(-c2[nH]c3c(F)cc(F)cc3c2C2CCC2)cc1.O=CNC1CCNC1=O. The molecule has 5 nitrogen and oxygen atoms in total. The summed E-state index contributed by atoms with van der Waals surface area (Å²) >= 11 is 0. The molecule has 3 aromatic rings. The lowest BCUT2D eigenvalue weighted by Crippen LogP contribution is -2.35. The lowest BCUT2D eigenvalue weighted by molar-refractivity contribution is -0.123. The van der Waals surface area contributed by atoms with Crippen molar-refractivity contribution in [1.82, 2.24) is 15.6 Å². The van der Waals surface area contributed by atoms with Gasteiger partial charge in [-0.05, 0) is 66.6 Å². The van der Waals surface area contributed by atoms with Crippen molar-refractivity contribution in [2.45, 2.75) is 37.6 Å². The maximum atomic E-state index is 14.1. The van der Waals surface area contributed by atoms with Gasteiger partial charge in [0.2, 0.25) is 12.3 Å². The summed E-state index contributed by atoms with van der Waals surface area (Å²) in [7, 11) is 0. The number of carbonyl (C=O) groups excluding carboxylic acids is 2. The van der Waals surface area contributed by atoms with Gasteiger partial charge in [-0.15, -0.1) is 0 Å². The van der Waals surface area contributed by atoms with Crippen molar-refractivity contribution in [1.29, 1.82) is 0 Å². The van der Waals surface area contributed by atoms with Crippen molar-refractivity contribution in [2.75, 3.05) is 6.54 Å². The lowest BCUT2D eigenvalue weighted by atomic mass is 9.78. The number of halogens is 3. The molecular formula is C23H22F3N3O2. The van der Waals surface area contributed by atoms with Crippen LogP contribution in [0.1, 0.15) is 37.2 Å². The molecule has 1 aromatic heterocycles. The first-order valence-electron chi connectivity index (χ1n) is 10.2. The van der Waals surface area contributed by atoms with E-state index < -0.39 is 11.6 Å². The van der Waals surface area contributed by atoms with E-state index in [0.29, 0.717) is 36.2 Å². The molecule has 0 spiro atoms. The Labute approximate surface area is 177 Å². The zero-order valence-corrected chi connectivity index (χ0v) is 16.7. The van der Waals surface area contributed by atoms with Gasteiger partial charge in [-0.3, -0.25) is 9.59 Å². The van der Waals surface area contributed by atoms with E-state index in [4.69, 9.17) is 0 Å². The monoisotopic (exact) mass is 429 g/mol. The van der Waals surface area contributed by atoms with Crippen LogP contribution in [-0.2, 0) is 9.59 Å². The number of fused-ring (bicyclic) bond motifs is 1. The highest BCUT2D eigenvalue weighted by Gasteiger charge is 2.28. The summed E-state index contributed by atoms with van der Waals surface area (Å²) in [5.74, 6) is -1.27. The molecule has 2 heterocycles. The van der Waals surface area contributed by atoms with Gasteiger partial charge in [0.25, 0.3) is 0 Å². The second-order valence-electron chi connectivity index (χ2n) is 7.78. The summed E-state index contributed by atoms with van der Waals surface area (Å²) in [5.41, 5.74) is 2.83. The fourth-order valence-corrected chi connectivity index (χ4v) is 4.04. The van der Waals surface area contributed by atoms with Gasteiger partial charge >= 0.3 is 0 Å². The van der Waals surface area contributed by atoms with Crippen molar-refractivity contribution < 1.29 is 22.8 Å². The molecule has 1 unspecified atom stereocenters. The van der Waals surface area contributed by atoms with Crippen molar-refractivity contribution in [2.24, 2.45) is 0 Å². The van der Waals surface area contributed by atoms with Gasteiger partial charge in [0, 0.05) is 18.0 Å². The van der Waals surface area contributed by atoms with Crippen LogP contribution in [-0.4, -0.2) is 29.9 Å². The molecule has 2 aliphatic rings. The molecule has 2 amide bonds. The predicted octanol–water partition coefficient (Wildman–Crippen LogP) is 4.14. The second-order valence-corrected chi connectivity index (χ2v) is 7.78. The number of hydrogen-bond donors (Lipinski definition) is 3. The molecule has 2 aromatic carbocycles. The summed E-state index contributed by atoms with van der Waals surface area (Å²) in [4.78, 5) is 23.5. The highest BCUT2D eigenvalue weighted by molar-refractivity contribution is 5.92. The Hall–Kier alpha value is -3.29. The van der Waals surface area contributed by atoms with Gasteiger partial charge in [0.1, 0.15) is 23.5 Å². The number of carbonyl (C=O) groups is 2. The summed E-state index contributed by atoms with van der Waals surface area (Å²) in [6.45, 7) is 0.671. The zero-order valence-electron chi connectivity index (χ0n) is 16.7. The van der Waals surface area contributed by atoms with Gasteiger partial charge in [-0.25, -0.2) is 13.2 Å². The van der Waals surface area contributed by atoms with Crippen LogP contribution in [0, 0.1) is 17.5 Å². The van der Waals surface area contributed by atoms with E-state index in [1.807, 2.05) is 0 Å². The normalized spacial score (nSPS) is 18.2. The molecule has 0 bridgehead atoms. The number of aromatic amines is 1. The molecule has 0 radical (unpaired) electrons. The largest absolute Gasteiger partial charge is 0.354 e. The van der Waals surface area contributed by atoms with Crippen LogP contribution in [0.25, 0.3) is 22.2 Å². The van der Waals surface area contributed by atoms with Crippen molar-refractivity contribution in [3.63, 3.8) is 0 Å². The predicted molar refractivity (Wildman–Crippen MR) is 111 cm³/mol. The van der Waals surface area contributed by atoms with E-state index in [2.05, 4.69) is 15.6 Å². The third-order valence-corrected chi connectivity index (χ3v) is 5.83. The van der Waals surface area contributed by atoms with Gasteiger partial charge in [0.05, 0.1) is 11.2 Å². The summed E-state index contributed by atoms with van der Waals surface area (Å²) in [6, 6.07) is 8.06. The van der Waals surface area contributed by atoms with Gasteiger partial charge in [-0.1, -0.05) is 6.42 Å². The first-order valence-corrected chi connectivity index (χ1v) is 10.2. The Balaban J connectivity index is 0.000000217. The van der Waals surface area contributed by atoms with Crippen LogP contribution in [0.4, 0.5) is 13.2 Å². The van der Waals surface area contributed by atoms with E-state index in [1.54, 1.807) is 12.1 Å². The maximum absolute atomic E-state index is 14.1. The molecule has 1 aliphatic carbocycles. The van der Waals surface area contributed by atoms with Crippen LogP contribution >= 0.6 is 0 Å². The average molecular weight is 429 g/mol. The fourth-order valence-electron chi connectivity index (χ4n) is 4.04. The minimum absolute atomic E-state index is 0.0814. The van der Waals surface area contributed by atoms with Crippen LogP contribution in [0.5, 0.6) is 0 Å². The Morgan fingerprint density at radius 3 is 2.32 bits per heavy atom. The first kappa shape index (κ1) is 21.0. The molecule has 3 N–H and O–H groups in total. The zero-order chi connectivity index (χ0) is 22.0. The van der Waals surface area contributed by atoms with E-state index in [9.17, 15) is 22.8 Å². The van der Waals surface area contributed by atoms with Gasteiger partial charge < -0.3 is 15.6 Å². The third kappa shape index (κ3) is 4.28. The van der Waals surface area contributed by atoms with Crippen LogP contribution in [0.3, 0.4) is 0 Å². The molecule has 1 saturated heterocycles. The van der Waals surface area contributed by atoms with Crippen molar-refractivity contribution >= 4 is 23.2 Å². The highest BCUT2D eigenvalue weighted by atomic mass is 19.1. The average Bonchev–Trinajstić information content (AvgIpc) is 3.27. The second kappa shape index (κ2) is 8.83. The number of aromatic nitrogens is 1. The smallest absolute Gasteiger partial charge is 0.242 e. The van der Waals surface area contributed by atoms with E-state index >= 15 is 0 Å². The number of rotatable bonds is 4. The first-order chi connectivity index (χ1) is 15.0.